The maximum Gasteiger partial charge on any atom is 0.262 e. The van der Waals surface area contributed by atoms with E-state index in [0.717, 1.165) is 5.56 Å². The van der Waals surface area contributed by atoms with E-state index < -0.39 is 17.4 Å². The number of nitrogens with two attached hydrogens (primary N) is 1. The summed E-state index contributed by atoms with van der Waals surface area (Å²) in [6.07, 6.45) is -0.163. The van der Waals surface area contributed by atoms with Crippen molar-refractivity contribution < 1.29 is 14.7 Å². The van der Waals surface area contributed by atoms with E-state index >= 15 is 0 Å². The highest BCUT2D eigenvalue weighted by molar-refractivity contribution is 6.07. The van der Waals surface area contributed by atoms with Gasteiger partial charge in [-0.15, -0.1) is 0 Å². The average Bonchev–Trinajstić information content (AvgIpc) is 2.54. The van der Waals surface area contributed by atoms with Crippen LogP contribution in [0.2, 0.25) is 0 Å². The second kappa shape index (κ2) is 6.87. The molecule has 0 saturated carbocycles. The van der Waals surface area contributed by atoms with Gasteiger partial charge in [-0.25, -0.2) is 0 Å². The van der Waals surface area contributed by atoms with Crippen LogP contribution in [0.4, 0.5) is 0 Å². The van der Waals surface area contributed by atoms with Crippen LogP contribution in [0.15, 0.2) is 60.7 Å². The van der Waals surface area contributed by atoms with Crippen LogP contribution in [0, 0.1) is 0 Å². The fraction of sp³-hybridized carbons (Fsp3) is 0.176. The van der Waals surface area contributed by atoms with Crippen molar-refractivity contribution in [3.63, 3.8) is 0 Å². The number of amides is 2. The maximum atomic E-state index is 12.2. The lowest BCUT2D eigenvalue weighted by molar-refractivity contribution is -0.151. The first kappa shape index (κ1) is 15.7. The van der Waals surface area contributed by atoms with Crippen LogP contribution < -0.4 is 11.1 Å². The molecule has 4 N–H and O–H groups in total. The standard InChI is InChI=1S/C17H18N2O3/c18-15(20)17(22,11-13-7-3-1-4-8-13)16(21)19-12-14-9-5-2-6-10-14/h1-10,22H,11-12H2,(H2,18,20)(H,19,21)/t17-/m0/s1. The summed E-state index contributed by atoms with van der Waals surface area (Å²) in [6.45, 7) is 0.212. The van der Waals surface area contributed by atoms with Crippen LogP contribution in [0.25, 0.3) is 0 Å². The third kappa shape index (κ3) is 3.71. The Hall–Kier alpha value is -2.66. The van der Waals surface area contributed by atoms with Gasteiger partial charge >= 0.3 is 0 Å². The molecule has 0 aliphatic rings. The van der Waals surface area contributed by atoms with Crippen LogP contribution in [-0.4, -0.2) is 22.5 Å². The summed E-state index contributed by atoms with van der Waals surface area (Å²) >= 11 is 0. The number of nitrogens with one attached hydrogen (secondary N) is 1. The molecule has 2 aromatic rings. The van der Waals surface area contributed by atoms with Crippen LogP contribution in [0.5, 0.6) is 0 Å². The van der Waals surface area contributed by atoms with E-state index in [1.807, 2.05) is 36.4 Å². The molecule has 2 rings (SSSR count). The number of hydrogen-bond acceptors (Lipinski definition) is 3. The number of benzene rings is 2. The Morgan fingerprint density at radius 2 is 1.45 bits per heavy atom. The highest BCUT2D eigenvalue weighted by Crippen LogP contribution is 2.14. The van der Waals surface area contributed by atoms with E-state index in [0.29, 0.717) is 5.56 Å². The molecule has 0 bridgehead atoms. The number of hydrogen-bond donors (Lipinski definition) is 3. The van der Waals surface area contributed by atoms with Gasteiger partial charge in [-0.2, -0.15) is 0 Å². The molecule has 0 fully saturated rings. The van der Waals surface area contributed by atoms with Gasteiger partial charge in [-0.3, -0.25) is 9.59 Å². The average molecular weight is 298 g/mol. The largest absolute Gasteiger partial charge is 0.371 e. The predicted octanol–water partition coefficient (Wildman–Crippen LogP) is 0.762. The van der Waals surface area contributed by atoms with E-state index in [-0.39, 0.29) is 13.0 Å². The lowest BCUT2D eigenvalue weighted by Gasteiger charge is -2.23. The van der Waals surface area contributed by atoms with Gasteiger partial charge < -0.3 is 16.2 Å². The predicted molar refractivity (Wildman–Crippen MR) is 82.6 cm³/mol. The van der Waals surface area contributed by atoms with Crippen molar-refractivity contribution in [1.82, 2.24) is 5.32 Å². The van der Waals surface area contributed by atoms with Crippen LogP contribution in [0.1, 0.15) is 11.1 Å². The Labute approximate surface area is 128 Å². The van der Waals surface area contributed by atoms with E-state index in [2.05, 4.69) is 5.32 Å². The lowest BCUT2D eigenvalue weighted by Crippen LogP contribution is -2.57. The Bertz CT molecular complexity index is 643. The SMILES string of the molecule is NC(=O)[C@@](O)(Cc1ccccc1)C(=O)NCc1ccccc1. The number of rotatable bonds is 6. The van der Waals surface area contributed by atoms with Crippen LogP contribution in [0.3, 0.4) is 0 Å². The highest BCUT2D eigenvalue weighted by atomic mass is 16.3. The van der Waals surface area contributed by atoms with E-state index in [1.54, 1.807) is 24.3 Å². The fourth-order valence-corrected chi connectivity index (χ4v) is 2.09. The molecule has 1 atom stereocenters. The van der Waals surface area contributed by atoms with Gasteiger partial charge in [0.05, 0.1) is 0 Å². The number of carbonyl (C=O) groups excluding carboxylic acids is 2. The Morgan fingerprint density at radius 1 is 0.955 bits per heavy atom. The summed E-state index contributed by atoms with van der Waals surface area (Å²) in [7, 11) is 0. The molecule has 114 valence electrons. The normalized spacial score (nSPS) is 13.1. The number of carbonyl (C=O) groups is 2. The first-order valence-corrected chi connectivity index (χ1v) is 6.91. The fourth-order valence-electron chi connectivity index (χ4n) is 2.09. The van der Waals surface area contributed by atoms with Crippen molar-refractivity contribution in [1.29, 1.82) is 0 Å². The molecular formula is C17H18N2O3. The minimum Gasteiger partial charge on any atom is -0.371 e. The summed E-state index contributed by atoms with van der Waals surface area (Å²) in [5.74, 6) is -1.87. The van der Waals surface area contributed by atoms with Crippen molar-refractivity contribution >= 4 is 11.8 Å². The molecule has 0 aromatic heterocycles. The van der Waals surface area contributed by atoms with E-state index in [4.69, 9.17) is 5.73 Å². The molecule has 0 radical (unpaired) electrons. The summed E-state index contributed by atoms with van der Waals surface area (Å²) in [6, 6.07) is 18.0. The van der Waals surface area contributed by atoms with Crippen molar-refractivity contribution in [2.45, 2.75) is 18.6 Å². The van der Waals surface area contributed by atoms with Gasteiger partial charge in [0, 0.05) is 13.0 Å². The minimum atomic E-state index is -2.27. The topological polar surface area (TPSA) is 92.4 Å². The van der Waals surface area contributed by atoms with Crippen molar-refractivity contribution in [3.05, 3.63) is 71.8 Å². The molecule has 2 amide bonds. The van der Waals surface area contributed by atoms with Gasteiger partial charge in [-0.05, 0) is 11.1 Å². The zero-order chi connectivity index (χ0) is 16.0. The minimum absolute atomic E-state index is 0.163. The highest BCUT2D eigenvalue weighted by Gasteiger charge is 2.42. The molecule has 5 nitrogen and oxygen atoms in total. The first-order valence-electron chi connectivity index (χ1n) is 6.91. The summed E-state index contributed by atoms with van der Waals surface area (Å²) in [5, 5.41) is 13.0. The van der Waals surface area contributed by atoms with Crippen molar-refractivity contribution in [2.24, 2.45) is 5.73 Å². The maximum absolute atomic E-state index is 12.2. The van der Waals surface area contributed by atoms with Gasteiger partial charge in [0.15, 0.2) is 0 Å². The summed E-state index contributed by atoms with van der Waals surface area (Å²) in [4.78, 5) is 23.8. The molecule has 22 heavy (non-hydrogen) atoms. The number of aliphatic hydroxyl groups is 1. The molecule has 0 heterocycles. The van der Waals surface area contributed by atoms with E-state index in [1.165, 1.54) is 0 Å². The van der Waals surface area contributed by atoms with Gasteiger partial charge in [0.25, 0.3) is 11.8 Å². The summed E-state index contributed by atoms with van der Waals surface area (Å²) in [5.41, 5.74) is 4.49. The smallest absolute Gasteiger partial charge is 0.262 e. The molecule has 5 heteroatoms. The lowest BCUT2D eigenvalue weighted by atomic mass is 9.92. The second-order valence-electron chi connectivity index (χ2n) is 5.06. The van der Waals surface area contributed by atoms with E-state index in [9.17, 15) is 14.7 Å². The molecular weight excluding hydrogens is 280 g/mol. The van der Waals surface area contributed by atoms with Gasteiger partial charge in [0.1, 0.15) is 0 Å². The molecule has 0 unspecified atom stereocenters. The van der Waals surface area contributed by atoms with Crippen molar-refractivity contribution in [3.8, 4) is 0 Å². The van der Waals surface area contributed by atoms with Gasteiger partial charge in [-0.1, -0.05) is 60.7 Å². The molecule has 0 saturated heterocycles. The zero-order valence-corrected chi connectivity index (χ0v) is 12.0. The Kier molecular flexibility index (Phi) is 4.91. The quantitative estimate of drug-likeness (QED) is 0.687. The van der Waals surface area contributed by atoms with Crippen molar-refractivity contribution in [2.75, 3.05) is 0 Å². The molecule has 0 spiro atoms. The summed E-state index contributed by atoms with van der Waals surface area (Å²) < 4.78 is 0. The number of primary amides is 1. The molecule has 0 aliphatic carbocycles. The third-order valence-electron chi connectivity index (χ3n) is 3.38. The first-order chi connectivity index (χ1) is 10.5. The Morgan fingerprint density at radius 3 is 1.95 bits per heavy atom. The third-order valence-corrected chi connectivity index (χ3v) is 3.38. The zero-order valence-electron chi connectivity index (χ0n) is 12.0. The Balaban J connectivity index is 2.09. The molecule has 0 aliphatic heterocycles. The second-order valence-corrected chi connectivity index (χ2v) is 5.06. The van der Waals surface area contributed by atoms with Gasteiger partial charge in [0.2, 0.25) is 5.60 Å². The molecule has 2 aromatic carbocycles. The van der Waals surface area contributed by atoms with Crippen LogP contribution >= 0.6 is 0 Å². The monoisotopic (exact) mass is 298 g/mol. The van der Waals surface area contributed by atoms with Crippen LogP contribution in [-0.2, 0) is 22.6 Å².